The molecule has 0 bridgehead atoms. The Kier molecular flexibility index (Phi) is 4.92. The lowest BCUT2D eigenvalue weighted by Gasteiger charge is -2.04. The number of amides is 1. The van der Waals surface area contributed by atoms with E-state index in [0.717, 1.165) is 22.6 Å². The number of amidine groups is 1. The van der Waals surface area contributed by atoms with Crippen molar-refractivity contribution in [2.45, 2.75) is 20.8 Å². The fraction of sp³-hybridized carbons (Fsp3) is 0.130. The molecule has 4 rings (SSSR count). The summed E-state index contributed by atoms with van der Waals surface area (Å²) in [5, 5.41) is 3.47. The molecule has 1 saturated heterocycles. The smallest absolute Gasteiger partial charge is 0.264 e. The molecule has 2 heterocycles. The zero-order valence-electron chi connectivity index (χ0n) is 16.1. The highest BCUT2D eigenvalue weighted by molar-refractivity contribution is 8.18. The van der Waals surface area contributed by atoms with Gasteiger partial charge in [-0.15, -0.1) is 0 Å². The molecule has 1 fully saturated rings. The number of hydrogen-bond donors (Lipinski definition) is 1. The SMILES string of the molecule is Cc1ccc(N=C2NC(=O)/C(=C\c3cc(C)n(-c4ccccc4)c3)S2)cc1C. The highest BCUT2D eigenvalue weighted by atomic mass is 32.2. The monoisotopic (exact) mass is 387 g/mol. The van der Waals surface area contributed by atoms with E-state index < -0.39 is 0 Å². The highest BCUT2D eigenvalue weighted by Gasteiger charge is 2.24. The summed E-state index contributed by atoms with van der Waals surface area (Å²) in [4.78, 5) is 17.6. The number of aliphatic imine (C=N–C) groups is 1. The first-order valence-corrected chi connectivity index (χ1v) is 9.92. The standard InChI is InChI=1S/C23H21N3OS/c1-15-9-10-19(11-16(15)2)24-23-25-22(27)21(28-23)13-18-12-17(3)26(14-18)20-7-5-4-6-8-20/h4-14H,1-3H3,(H,24,25,27)/b21-13+. The van der Waals surface area contributed by atoms with Crippen LogP contribution >= 0.6 is 11.8 Å². The molecule has 1 amide bonds. The molecule has 2 aromatic carbocycles. The van der Waals surface area contributed by atoms with Gasteiger partial charge in [-0.2, -0.15) is 0 Å². The van der Waals surface area contributed by atoms with Crippen molar-refractivity contribution < 1.29 is 4.79 Å². The van der Waals surface area contributed by atoms with E-state index in [-0.39, 0.29) is 5.91 Å². The van der Waals surface area contributed by atoms with Gasteiger partial charge in [0.2, 0.25) is 0 Å². The number of hydrogen-bond acceptors (Lipinski definition) is 3. The number of thioether (sulfide) groups is 1. The van der Waals surface area contributed by atoms with Crippen molar-refractivity contribution in [3.05, 3.63) is 88.1 Å². The van der Waals surface area contributed by atoms with Crippen molar-refractivity contribution in [1.29, 1.82) is 0 Å². The van der Waals surface area contributed by atoms with Crippen LogP contribution in [0.5, 0.6) is 0 Å². The summed E-state index contributed by atoms with van der Waals surface area (Å²) in [7, 11) is 0. The van der Waals surface area contributed by atoms with Crippen LogP contribution in [0.25, 0.3) is 11.8 Å². The fourth-order valence-electron chi connectivity index (χ4n) is 3.09. The van der Waals surface area contributed by atoms with E-state index in [2.05, 4.69) is 53.8 Å². The van der Waals surface area contributed by atoms with Crippen LogP contribution in [-0.4, -0.2) is 15.6 Å². The number of nitrogens with zero attached hydrogens (tertiary/aromatic N) is 2. The maximum absolute atomic E-state index is 12.4. The summed E-state index contributed by atoms with van der Waals surface area (Å²) in [6.07, 6.45) is 3.96. The van der Waals surface area contributed by atoms with Crippen LogP contribution in [0, 0.1) is 20.8 Å². The third kappa shape index (κ3) is 3.80. The van der Waals surface area contributed by atoms with Crippen LogP contribution in [-0.2, 0) is 4.79 Å². The Hall–Kier alpha value is -3.05. The Morgan fingerprint density at radius 3 is 2.54 bits per heavy atom. The predicted molar refractivity (Wildman–Crippen MR) is 117 cm³/mol. The van der Waals surface area contributed by atoms with Crippen LogP contribution in [0.1, 0.15) is 22.4 Å². The van der Waals surface area contributed by atoms with Crippen molar-refractivity contribution in [1.82, 2.24) is 9.88 Å². The molecule has 0 radical (unpaired) electrons. The number of para-hydroxylation sites is 1. The lowest BCUT2D eigenvalue weighted by atomic mass is 10.1. The van der Waals surface area contributed by atoms with Crippen LogP contribution < -0.4 is 5.32 Å². The van der Waals surface area contributed by atoms with E-state index in [1.165, 1.54) is 22.9 Å². The molecule has 0 unspecified atom stereocenters. The molecule has 1 aromatic heterocycles. The van der Waals surface area contributed by atoms with Crippen LogP contribution in [0.3, 0.4) is 0 Å². The number of nitrogens with one attached hydrogen (secondary N) is 1. The summed E-state index contributed by atoms with van der Waals surface area (Å²) < 4.78 is 2.12. The molecule has 28 heavy (non-hydrogen) atoms. The van der Waals surface area contributed by atoms with Gasteiger partial charge in [0, 0.05) is 17.6 Å². The van der Waals surface area contributed by atoms with Crippen LogP contribution in [0.2, 0.25) is 0 Å². The van der Waals surface area contributed by atoms with Gasteiger partial charge in [0.05, 0.1) is 10.6 Å². The van der Waals surface area contributed by atoms with Crippen molar-refractivity contribution >= 4 is 34.6 Å². The topological polar surface area (TPSA) is 46.4 Å². The summed E-state index contributed by atoms with van der Waals surface area (Å²) in [5.41, 5.74) is 6.47. The van der Waals surface area contributed by atoms with Gasteiger partial charge in [0.1, 0.15) is 0 Å². The highest BCUT2D eigenvalue weighted by Crippen LogP contribution is 2.29. The lowest BCUT2D eigenvalue weighted by Crippen LogP contribution is -2.19. The molecule has 0 spiro atoms. The molecule has 5 heteroatoms. The van der Waals surface area contributed by atoms with E-state index in [1.807, 2.05) is 48.7 Å². The second kappa shape index (κ2) is 7.52. The lowest BCUT2D eigenvalue weighted by molar-refractivity contribution is -0.115. The van der Waals surface area contributed by atoms with Gasteiger partial charge in [-0.05, 0) is 85.6 Å². The maximum Gasteiger partial charge on any atom is 0.264 e. The van der Waals surface area contributed by atoms with E-state index in [1.54, 1.807) is 0 Å². The Morgan fingerprint density at radius 1 is 1.00 bits per heavy atom. The maximum atomic E-state index is 12.4. The van der Waals surface area contributed by atoms with E-state index in [9.17, 15) is 4.79 Å². The summed E-state index contributed by atoms with van der Waals surface area (Å²) in [6, 6.07) is 18.3. The molecule has 0 aliphatic carbocycles. The number of benzene rings is 2. The summed E-state index contributed by atoms with van der Waals surface area (Å²) in [5.74, 6) is -0.113. The van der Waals surface area contributed by atoms with Gasteiger partial charge in [0.15, 0.2) is 5.17 Å². The number of carbonyl (C=O) groups is 1. The average molecular weight is 388 g/mol. The van der Waals surface area contributed by atoms with Gasteiger partial charge in [-0.1, -0.05) is 24.3 Å². The van der Waals surface area contributed by atoms with Crippen LogP contribution in [0.4, 0.5) is 5.69 Å². The zero-order valence-corrected chi connectivity index (χ0v) is 16.9. The molecular weight excluding hydrogens is 366 g/mol. The predicted octanol–water partition coefficient (Wildman–Crippen LogP) is 5.29. The van der Waals surface area contributed by atoms with Gasteiger partial charge in [0.25, 0.3) is 5.91 Å². The average Bonchev–Trinajstić information content (AvgIpc) is 3.21. The Balaban J connectivity index is 1.58. The molecule has 3 aromatic rings. The quantitative estimate of drug-likeness (QED) is 0.620. The minimum absolute atomic E-state index is 0.113. The Bertz CT molecular complexity index is 1110. The number of aromatic nitrogens is 1. The second-order valence-corrected chi connectivity index (χ2v) is 7.90. The minimum Gasteiger partial charge on any atom is -0.321 e. The first-order valence-electron chi connectivity index (χ1n) is 9.11. The van der Waals surface area contributed by atoms with E-state index in [4.69, 9.17) is 0 Å². The Labute approximate surface area is 169 Å². The van der Waals surface area contributed by atoms with Crippen molar-refractivity contribution in [2.24, 2.45) is 4.99 Å². The van der Waals surface area contributed by atoms with Crippen LogP contribution in [0.15, 0.2) is 70.7 Å². The van der Waals surface area contributed by atoms with Crippen molar-refractivity contribution in [3.8, 4) is 5.69 Å². The summed E-state index contributed by atoms with van der Waals surface area (Å²) in [6.45, 7) is 6.19. The molecule has 4 nitrogen and oxygen atoms in total. The third-order valence-electron chi connectivity index (χ3n) is 4.74. The normalized spacial score (nSPS) is 16.8. The minimum atomic E-state index is -0.113. The molecular formula is C23H21N3OS. The van der Waals surface area contributed by atoms with Crippen molar-refractivity contribution in [2.75, 3.05) is 0 Å². The van der Waals surface area contributed by atoms with E-state index in [0.29, 0.717) is 10.1 Å². The molecule has 0 saturated carbocycles. The van der Waals surface area contributed by atoms with Gasteiger partial charge in [-0.25, -0.2) is 4.99 Å². The molecule has 1 N–H and O–H groups in total. The number of carbonyl (C=O) groups excluding carboxylic acids is 1. The first-order chi connectivity index (χ1) is 13.5. The number of aryl methyl sites for hydroxylation is 3. The molecule has 1 aliphatic rings. The van der Waals surface area contributed by atoms with Gasteiger partial charge < -0.3 is 9.88 Å². The second-order valence-electron chi connectivity index (χ2n) is 6.87. The van der Waals surface area contributed by atoms with Gasteiger partial charge in [-0.3, -0.25) is 4.79 Å². The fourth-order valence-corrected chi connectivity index (χ4v) is 3.93. The van der Waals surface area contributed by atoms with Gasteiger partial charge >= 0.3 is 0 Å². The molecule has 140 valence electrons. The largest absolute Gasteiger partial charge is 0.321 e. The first kappa shape index (κ1) is 18.3. The third-order valence-corrected chi connectivity index (χ3v) is 5.65. The Morgan fingerprint density at radius 2 is 1.79 bits per heavy atom. The zero-order chi connectivity index (χ0) is 19.7. The molecule has 1 aliphatic heterocycles. The number of rotatable bonds is 3. The van der Waals surface area contributed by atoms with E-state index >= 15 is 0 Å². The summed E-state index contributed by atoms with van der Waals surface area (Å²) >= 11 is 1.37. The van der Waals surface area contributed by atoms with Crippen molar-refractivity contribution in [3.63, 3.8) is 0 Å². The molecule has 0 atom stereocenters.